The van der Waals surface area contributed by atoms with E-state index >= 15 is 0 Å². The number of carboxylic acid groups (broad SMARTS) is 1. The Hall–Kier alpha value is -2.76. The van der Waals surface area contributed by atoms with E-state index in [4.69, 9.17) is 5.11 Å². The largest absolute Gasteiger partial charge is 0.480 e. The first-order valence-corrected chi connectivity index (χ1v) is 6.86. The normalized spacial score (nSPS) is 11.9. The van der Waals surface area contributed by atoms with Gasteiger partial charge in [-0.15, -0.1) is 0 Å². The number of nitrogens with zero attached hydrogens (tertiary/aromatic N) is 1. The third-order valence-electron chi connectivity index (χ3n) is 3.28. The number of carbonyl (C=O) groups is 3. The monoisotopic (exact) mass is 300 g/mol. The highest BCUT2D eigenvalue weighted by atomic mass is 16.4. The molecule has 22 heavy (non-hydrogen) atoms. The summed E-state index contributed by atoms with van der Waals surface area (Å²) in [5.74, 6) is -1.77. The number of aliphatic carboxylic acids is 1. The molecule has 0 spiro atoms. The van der Waals surface area contributed by atoms with E-state index in [-0.39, 0.29) is 18.6 Å². The number of hydrogen-bond acceptors (Lipinski definition) is 4. The van der Waals surface area contributed by atoms with Crippen molar-refractivity contribution >= 4 is 28.6 Å². The first kappa shape index (κ1) is 15.6. The van der Waals surface area contributed by atoms with Gasteiger partial charge in [0.05, 0.1) is 11.1 Å². The number of hydrogen-bond donors (Lipinski definition) is 2. The van der Waals surface area contributed by atoms with E-state index < -0.39 is 17.9 Å². The molecule has 0 aliphatic heterocycles. The molecule has 114 valence electrons. The summed E-state index contributed by atoms with van der Waals surface area (Å²) in [6.07, 6.45) is 1.68. The summed E-state index contributed by atoms with van der Waals surface area (Å²) >= 11 is 0. The molecule has 6 heteroatoms. The predicted molar refractivity (Wildman–Crippen MR) is 80.5 cm³/mol. The molecular formula is C16H16N2O4. The predicted octanol–water partition coefficient (Wildman–Crippen LogP) is 1.79. The fraction of sp³-hybridized carbons (Fsp3) is 0.250. The molecule has 1 amide bonds. The van der Waals surface area contributed by atoms with Crippen LogP contribution in [-0.4, -0.2) is 33.8 Å². The van der Waals surface area contributed by atoms with E-state index in [2.05, 4.69) is 10.3 Å². The Balaban J connectivity index is 2.22. The van der Waals surface area contributed by atoms with Crippen molar-refractivity contribution in [3.63, 3.8) is 0 Å². The second-order valence-corrected chi connectivity index (χ2v) is 4.98. The maximum Gasteiger partial charge on any atom is 0.326 e. The number of pyridine rings is 1. The van der Waals surface area contributed by atoms with Gasteiger partial charge in [0.1, 0.15) is 11.8 Å². The Morgan fingerprint density at radius 3 is 2.64 bits per heavy atom. The van der Waals surface area contributed by atoms with E-state index in [1.807, 2.05) is 6.07 Å². The molecule has 6 nitrogen and oxygen atoms in total. The number of ketones is 1. The summed E-state index contributed by atoms with van der Waals surface area (Å²) in [5, 5.41) is 12.3. The molecule has 2 N–H and O–H groups in total. The number of carbonyl (C=O) groups excluding carboxylic acids is 2. The molecule has 0 aliphatic rings. The Bertz CT molecular complexity index is 722. The number of benzene rings is 1. The summed E-state index contributed by atoms with van der Waals surface area (Å²) < 4.78 is 0. The molecule has 1 aromatic heterocycles. The van der Waals surface area contributed by atoms with E-state index in [1.54, 1.807) is 24.3 Å². The van der Waals surface area contributed by atoms with Crippen LogP contribution in [0.25, 0.3) is 10.9 Å². The lowest BCUT2D eigenvalue weighted by molar-refractivity contribution is -0.139. The zero-order chi connectivity index (χ0) is 16.1. The highest BCUT2D eigenvalue weighted by Crippen LogP contribution is 2.16. The fourth-order valence-electron chi connectivity index (χ4n) is 2.13. The Morgan fingerprint density at radius 1 is 1.23 bits per heavy atom. The van der Waals surface area contributed by atoms with E-state index in [9.17, 15) is 14.4 Å². The third kappa shape index (κ3) is 3.66. The average molecular weight is 300 g/mol. The minimum absolute atomic E-state index is 0.0689. The van der Waals surface area contributed by atoms with Crippen LogP contribution in [0.15, 0.2) is 36.5 Å². The molecule has 0 aliphatic carbocycles. The van der Waals surface area contributed by atoms with Gasteiger partial charge in [0.25, 0.3) is 5.91 Å². The van der Waals surface area contributed by atoms with Crippen molar-refractivity contribution in [3.8, 4) is 0 Å². The lowest BCUT2D eigenvalue weighted by Crippen LogP contribution is -2.41. The summed E-state index contributed by atoms with van der Waals surface area (Å²) in [6.45, 7) is 1.39. The van der Waals surface area contributed by atoms with Crippen LogP contribution in [0.4, 0.5) is 0 Å². The zero-order valence-electron chi connectivity index (χ0n) is 12.1. The van der Waals surface area contributed by atoms with Crippen molar-refractivity contribution < 1.29 is 19.5 Å². The number of para-hydroxylation sites is 1. The number of fused-ring (bicyclic) bond motifs is 1. The van der Waals surface area contributed by atoms with Gasteiger partial charge >= 0.3 is 5.97 Å². The average Bonchev–Trinajstić information content (AvgIpc) is 2.50. The van der Waals surface area contributed by atoms with Crippen LogP contribution in [0, 0.1) is 0 Å². The van der Waals surface area contributed by atoms with Crippen molar-refractivity contribution in [2.45, 2.75) is 25.8 Å². The number of aromatic nitrogens is 1. The number of rotatable bonds is 6. The van der Waals surface area contributed by atoms with Gasteiger partial charge in [-0.2, -0.15) is 0 Å². The standard InChI is InChI=1S/C16H16N2O4/c1-10(19)6-7-14(16(21)22)18-15(20)12-8-9-17-13-5-3-2-4-11(12)13/h2-5,8-9,14H,6-7H2,1H3,(H,18,20)(H,21,22)/t14-/m0/s1. The van der Waals surface area contributed by atoms with Crippen LogP contribution < -0.4 is 5.32 Å². The summed E-state index contributed by atoms with van der Waals surface area (Å²) in [7, 11) is 0. The molecule has 0 saturated heterocycles. The van der Waals surface area contributed by atoms with Crippen molar-refractivity contribution in [2.24, 2.45) is 0 Å². The smallest absolute Gasteiger partial charge is 0.326 e. The van der Waals surface area contributed by atoms with Crippen LogP contribution in [0.1, 0.15) is 30.1 Å². The molecule has 1 heterocycles. The lowest BCUT2D eigenvalue weighted by atomic mass is 10.1. The zero-order valence-corrected chi connectivity index (χ0v) is 12.1. The van der Waals surface area contributed by atoms with Gasteiger partial charge in [0.15, 0.2) is 0 Å². The van der Waals surface area contributed by atoms with Gasteiger partial charge in [-0.3, -0.25) is 9.78 Å². The molecule has 2 aromatic rings. The van der Waals surface area contributed by atoms with Crippen molar-refractivity contribution in [1.82, 2.24) is 10.3 Å². The van der Waals surface area contributed by atoms with E-state index in [0.29, 0.717) is 16.5 Å². The molecular weight excluding hydrogens is 284 g/mol. The third-order valence-corrected chi connectivity index (χ3v) is 3.28. The minimum atomic E-state index is -1.16. The summed E-state index contributed by atoms with van der Waals surface area (Å²) in [4.78, 5) is 38.7. The molecule has 0 bridgehead atoms. The summed E-state index contributed by atoms with van der Waals surface area (Å²) in [5.41, 5.74) is 1.02. The molecule has 0 radical (unpaired) electrons. The van der Waals surface area contributed by atoms with Crippen LogP contribution in [0.2, 0.25) is 0 Å². The van der Waals surface area contributed by atoms with Crippen molar-refractivity contribution in [1.29, 1.82) is 0 Å². The van der Waals surface area contributed by atoms with Crippen LogP contribution in [-0.2, 0) is 9.59 Å². The second-order valence-electron chi connectivity index (χ2n) is 4.98. The molecule has 0 fully saturated rings. The van der Waals surface area contributed by atoms with Crippen molar-refractivity contribution in [2.75, 3.05) is 0 Å². The van der Waals surface area contributed by atoms with Crippen LogP contribution in [0.3, 0.4) is 0 Å². The Morgan fingerprint density at radius 2 is 1.95 bits per heavy atom. The molecule has 2 rings (SSSR count). The first-order chi connectivity index (χ1) is 10.5. The highest BCUT2D eigenvalue weighted by Gasteiger charge is 2.21. The molecule has 1 atom stereocenters. The highest BCUT2D eigenvalue weighted by molar-refractivity contribution is 6.06. The minimum Gasteiger partial charge on any atom is -0.480 e. The number of nitrogens with one attached hydrogen (secondary N) is 1. The molecule has 0 unspecified atom stereocenters. The number of amides is 1. The maximum absolute atomic E-state index is 12.3. The van der Waals surface area contributed by atoms with Crippen LogP contribution in [0.5, 0.6) is 0 Å². The topological polar surface area (TPSA) is 96.4 Å². The molecule has 1 aromatic carbocycles. The van der Waals surface area contributed by atoms with Gasteiger partial charge in [-0.1, -0.05) is 18.2 Å². The number of Topliss-reactive ketones (excluding diaryl/α,β-unsaturated/α-hetero) is 1. The van der Waals surface area contributed by atoms with Gasteiger partial charge in [0, 0.05) is 18.0 Å². The van der Waals surface area contributed by atoms with Gasteiger partial charge in [0.2, 0.25) is 0 Å². The van der Waals surface area contributed by atoms with Gasteiger partial charge in [-0.25, -0.2) is 4.79 Å². The number of carboxylic acids is 1. The lowest BCUT2D eigenvalue weighted by Gasteiger charge is -2.14. The van der Waals surface area contributed by atoms with E-state index in [1.165, 1.54) is 13.1 Å². The van der Waals surface area contributed by atoms with Crippen molar-refractivity contribution in [3.05, 3.63) is 42.1 Å². The Kier molecular flexibility index (Phi) is 4.83. The molecule has 0 saturated carbocycles. The van der Waals surface area contributed by atoms with Crippen LogP contribution >= 0.6 is 0 Å². The fourth-order valence-corrected chi connectivity index (χ4v) is 2.13. The van der Waals surface area contributed by atoms with Gasteiger partial charge in [-0.05, 0) is 25.5 Å². The Labute approximate surface area is 127 Å². The first-order valence-electron chi connectivity index (χ1n) is 6.86. The van der Waals surface area contributed by atoms with E-state index in [0.717, 1.165) is 0 Å². The summed E-state index contributed by atoms with van der Waals surface area (Å²) in [6, 6.07) is 7.57. The second kappa shape index (κ2) is 6.80. The van der Waals surface area contributed by atoms with Gasteiger partial charge < -0.3 is 15.2 Å². The SMILES string of the molecule is CC(=O)CC[C@H](NC(=O)c1ccnc2ccccc12)C(=O)O. The quantitative estimate of drug-likeness (QED) is 0.847. The maximum atomic E-state index is 12.3.